The molecule has 3 aromatic rings. The Bertz CT molecular complexity index is 1240. The molecule has 1 unspecified atom stereocenters. The van der Waals surface area contributed by atoms with Gasteiger partial charge in [0.15, 0.2) is 0 Å². The molecule has 2 aromatic carbocycles. The average Bonchev–Trinajstić information content (AvgIpc) is 3.23. The molecule has 0 spiro atoms. The molecule has 2 atom stereocenters. The number of ether oxygens (including phenoxy) is 3. The number of aliphatic hydroxyl groups is 1. The van der Waals surface area contributed by atoms with Crippen LogP contribution in [0.25, 0.3) is 0 Å². The number of hydrogen-bond donors (Lipinski definition) is 3. The minimum absolute atomic E-state index is 0.0763. The molecule has 7 nitrogen and oxygen atoms in total. The monoisotopic (exact) mass is 522 g/mol. The van der Waals surface area contributed by atoms with Crippen molar-refractivity contribution >= 4 is 18.5 Å². The van der Waals surface area contributed by atoms with E-state index in [1.807, 2.05) is 49.4 Å². The lowest BCUT2D eigenvalue weighted by atomic mass is 10.1. The van der Waals surface area contributed by atoms with Gasteiger partial charge in [0.2, 0.25) is 11.8 Å². The molecule has 1 aromatic heterocycles. The fourth-order valence-corrected chi connectivity index (χ4v) is 4.63. The maximum Gasteiger partial charge on any atom is 0.218 e. The summed E-state index contributed by atoms with van der Waals surface area (Å²) in [4.78, 5) is 15.7. The van der Waals surface area contributed by atoms with Gasteiger partial charge in [-0.2, -0.15) is 12.6 Å². The average molecular weight is 523 g/mol. The third-order valence-corrected chi connectivity index (χ3v) is 6.79. The Hall–Kier alpha value is -3.23. The number of carbonyl (C=O) groups is 1. The molecule has 1 heterocycles. The molecule has 196 valence electrons. The molecule has 0 saturated carbocycles. The van der Waals surface area contributed by atoms with Gasteiger partial charge >= 0.3 is 0 Å². The number of nitrogens with two attached hydrogens (primary N) is 1. The minimum Gasteiger partial charge on any atom is -0.486 e. The van der Waals surface area contributed by atoms with Crippen LogP contribution in [-0.4, -0.2) is 28.2 Å². The van der Waals surface area contributed by atoms with Gasteiger partial charge in [-0.25, -0.2) is 4.98 Å². The van der Waals surface area contributed by atoms with Gasteiger partial charge in [0, 0.05) is 29.7 Å². The number of aromatic nitrogens is 1. The summed E-state index contributed by atoms with van der Waals surface area (Å²) in [6.07, 6.45) is 2.32. The fraction of sp³-hybridized carbons (Fsp3) is 0.379. The van der Waals surface area contributed by atoms with Gasteiger partial charge in [0.25, 0.3) is 0 Å². The lowest BCUT2D eigenvalue weighted by Gasteiger charge is -2.18. The molecular weight excluding hydrogens is 488 g/mol. The van der Waals surface area contributed by atoms with Crippen LogP contribution in [0.3, 0.4) is 0 Å². The number of thiol groups is 1. The summed E-state index contributed by atoms with van der Waals surface area (Å²) in [5, 5.41) is 9.62. The van der Waals surface area contributed by atoms with Crippen LogP contribution >= 0.6 is 12.6 Å². The predicted octanol–water partition coefficient (Wildman–Crippen LogP) is 5.63. The van der Waals surface area contributed by atoms with E-state index in [0.717, 1.165) is 46.7 Å². The predicted molar refractivity (Wildman–Crippen MR) is 146 cm³/mol. The second-order valence-corrected chi connectivity index (χ2v) is 10.6. The van der Waals surface area contributed by atoms with E-state index < -0.39 is 5.60 Å². The topological polar surface area (TPSA) is 104 Å². The van der Waals surface area contributed by atoms with E-state index in [2.05, 4.69) is 23.7 Å². The van der Waals surface area contributed by atoms with Gasteiger partial charge < -0.3 is 25.1 Å². The van der Waals surface area contributed by atoms with E-state index in [4.69, 9.17) is 19.9 Å². The highest BCUT2D eigenvalue weighted by Gasteiger charge is 2.27. The van der Waals surface area contributed by atoms with Gasteiger partial charge in [-0.15, -0.1) is 0 Å². The SMILES string of the molecule is Cc1nc(OCCC(C)(C)O)ccc1Oc1cccc2c1CC[C@H]2Oc1ccc(C(S)CC(N)=O)cc1. The Labute approximate surface area is 223 Å². The van der Waals surface area contributed by atoms with Crippen molar-refractivity contribution in [3.8, 4) is 23.1 Å². The molecule has 0 saturated heterocycles. The lowest BCUT2D eigenvalue weighted by molar-refractivity contribution is -0.118. The van der Waals surface area contributed by atoms with Crippen LogP contribution in [0, 0.1) is 6.92 Å². The normalized spacial score (nSPS) is 15.6. The molecule has 0 bridgehead atoms. The van der Waals surface area contributed by atoms with Crippen molar-refractivity contribution < 1.29 is 24.1 Å². The zero-order valence-corrected chi connectivity index (χ0v) is 22.3. The Morgan fingerprint density at radius 2 is 1.92 bits per heavy atom. The van der Waals surface area contributed by atoms with E-state index in [-0.39, 0.29) is 23.7 Å². The third kappa shape index (κ3) is 7.17. The second-order valence-electron chi connectivity index (χ2n) is 9.97. The number of pyridine rings is 1. The van der Waals surface area contributed by atoms with Crippen LogP contribution in [0.1, 0.15) is 66.8 Å². The first-order valence-electron chi connectivity index (χ1n) is 12.4. The number of nitrogens with zero attached hydrogens (tertiary/aromatic N) is 1. The smallest absolute Gasteiger partial charge is 0.218 e. The van der Waals surface area contributed by atoms with Crippen molar-refractivity contribution in [3.63, 3.8) is 0 Å². The van der Waals surface area contributed by atoms with Crippen LogP contribution in [0.2, 0.25) is 0 Å². The van der Waals surface area contributed by atoms with E-state index in [1.165, 1.54) is 0 Å². The molecule has 37 heavy (non-hydrogen) atoms. The lowest BCUT2D eigenvalue weighted by Crippen LogP contribution is -2.22. The zero-order valence-electron chi connectivity index (χ0n) is 21.4. The quantitative estimate of drug-likeness (QED) is 0.282. The highest BCUT2D eigenvalue weighted by Crippen LogP contribution is 2.41. The van der Waals surface area contributed by atoms with Crippen molar-refractivity contribution in [2.75, 3.05) is 6.61 Å². The van der Waals surface area contributed by atoms with E-state index >= 15 is 0 Å². The fourth-order valence-electron chi connectivity index (χ4n) is 4.28. The molecule has 0 aliphatic heterocycles. The van der Waals surface area contributed by atoms with Crippen molar-refractivity contribution in [1.82, 2.24) is 4.98 Å². The van der Waals surface area contributed by atoms with Crippen molar-refractivity contribution in [3.05, 3.63) is 77.0 Å². The number of amides is 1. The van der Waals surface area contributed by atoms with Gasteiger partial charge in [0.05, 0.1) is 17.9 Å². The number of benzene rings is 2. The minimum atomic E-state index is -0.779. The Balaban J connectivity index is 1.42. The van der Waals surface area contributed by atoms with Crippen LogP contribution in [-0.2, 0) is 11.2 Å². The maximum atomic E-state index is 11.2. The molecule has 1 aliphatic rings. The molecule has 0 radical (unpaired) electrons. The largest absolute Gasteiger partial charge is 0.486 e. The molecule has 3 N–H and O–H groups in total. The van der Waals surface area contributed by atoms with Crippen molar-refractivity contribution in [2.45, 2.75) is 63.4 Å². The number of hydrogen-bond acceptors (Lipinski definition) is 7. The molecule has 8 heteroatoms. The third-order valence-electron chi connectivity index (χ3n) is 6.31. The van der Waals surface area contributed by atoms with E-state index in [1.54, 1.807) is 19.9 Å². The summed E-state index contributed by atoms with van der Waals surface area (Å²) in [5.41, 5.74) is 8.39. The van der Waals surface area contributed by atoms with E-state index in [9.17, 15) is 9.90 Å². The summed E-state index contributed by atoms with van der Waals surface area (Å²) in [7, 11) is 0. The first kappa shape index (κ1) is 26.8. The standard InChI is InChI=1S/C29H34N2O5S/c1-18-23(13-14-28(31-18)34-16-15-29(2,3)33)36-24-6-4-5-21-22(24)11-12-25(21)35-20-9-7-19(8-10-20)26(37)17-27(30)32/h4-10,13-14,25-26,33,37H,11-12,15-17H2,1-3H3,(H2,30,32)/t25-,26?/m1/s1. The molecular formula is C29H34N2O5S. The first-order chi connectivity index (χ1) is 17.6. The highest BCUT2D eigenvalue weighted by molar-refractivity contribution is 7.80. The summed E-state index contributed by atoms with van der Waals surface area (Å²) >= 11 is 4.46. The summed E-state index contributed by atoms with van der Waals surface area (Å²) < 4.78 is 18.3. The van der Waals surface area contributed by atoms with E-state index in [0.29, 0.717) is 24.7 Å². The maximum absolute atomic E-state index is 11.2. The summed E-state index contributed by atoms with van der Waals surface area (Å²) in [6.45, 7) is 5.77. The first-order valence-corrected chi connectivity index (χ1v) is 13.0. The Morgan fingerprint density at radius 3 is 2.59 bits per heavy atom. The van der Waals surface area contributed by atoms with Crippen LogP contribution in [0.4, 0.5) is 0 Å². The number of carbonyl (C=O) groups excluding carboxylic acids is 1. The number of rotatable bonds is 11. The summed E-state index contributed by atoms with van der Waals surface area (Å²) in [5.74, 6) is 2.35. The summed E-state index contributed by atoms with van der Waals surface area (Å²) in [6, 6.07) is 17.3. The van der Waals surface area contributed by atoms with Gasteiger partial charge in [0.1, 0.15) is 23.4 Å². The molecule has 1 aliphatic carbocycles. The number of primary amides is 1. The Kier molecular flexibility index (Phi) is 8.29. The van der Waals surface area contributed by atoms with Gasteiger partial charge in [-0.1, -0.05) is 24.3 Å². The van der Waals surface area contributed by atoms with Crippen molar-refractivity contribution in [2.24, 2.45) is 5.73 Å². The molecule has 4 rings (SSSR count). The number of aryl methyl sites for hydroxylation is 1. The van der Waals surface area contributed by atoms with Gasteiger partial charge in [-0.05, 0) is 69.0 Å². The highest BCUT2D eigenvalue weighted by atomic mass is 32.1. The molecule has 0 fully saturated rings. The van der Waals surface area contributed by atoms with Crippen molar-refractivity contribution in [1.29, 1.82) is 0 Å². The van der Waals surface area contributed by atoms with Crippen LogP contribution in [0.5, 0.6) is 23.1 Å². The van der Waals surface area contributed by atoms with Crippen LogP contribution in [0.15, 0.2) is 54.6 Å². The zero-order chi connectivity index (χ0) is 26.6. The number of fused-ring (bicyclic) bond motifs is 1. The van der Waals surface area contributed by atoms with Crippen LogP contribution < -0.4 is 19.9 Å². The second kappa shape index (κ2) is 11.4. The molecule has 1 amide bonds. The Morgan fingerprint density at radius 1 is 1.16 bits per heavy atom. The van der Waals surface area contributed by atoms with Gasteiger partial charge in [-0.3, -0.25) is 4.79 Å².